The Morgan fingerprint density at radius 2 is 2.06 bits per heavy atom. The summed E-state index contributed by atoms with van der Waals surface area (Å²) in [7, 11) is 0. The maximum Gasteiger partial charge on any atom is 0.205 e. The first-order chi connectivity index (χ1) is 8.88. The van der Waals surface area contributed by atoms with Crippen LogP contribution in [0.25, 0.3) is 21.3 Å². The van der Waals surface area contributed by atoms with E-state index in [9.17, 15) is 0 Å². The molecule has 0 bridgehead atoms. The van der Waals surface area contributed by atoms with Gasteiger partial charge in [0.1, 0.15) is 0 Å². The molecule has 90 valence electrons. The standard InChI is InChI=1S/C13H12N4S/c1-2-15-13-17-16-12(18-13)11-8-14-7-9-5-3-4-6-10(9)11/h3-8H,2H2,1H3,(H,15,17). The lowest BCUT2D eigenvalue weighted by atomic mass is 10.1. The van der Waals surface area contributed by atoms with E-state index in [1.54, 1.807) is 11.3 Å². The number of pyridine rings is 1. The van der Waals surface area contributed by atoms with Gasteiger partial charge in [-0.15, -0.1) is 10.2 Å². The van der Waals surface area contributed by atoms with E-state index in [0.29, 0.717) is 0 Å². The molecule has 4 nitrogen and oxygen atoms in total. The number of nitrogens with zero attached hydrogens (tertiary/aromatic N) is 3. The molecule has 2 aromatic heterocycles. The lowest BCUT2D eigenvalue weighted by Gasteiger charge is -2.01. The van der Waals surface area contributed by atoms with Gasteiger partial charge in [0.2, 0.25) is 5.13 Å². The molecular formula is C13H12N4S. The maximum absolute atomic E-state index is 4.26. The van der Waals surface area contributed by atoms with Gasteiger partial charge in [-0.05, 0) is 12.3 Å². The van der Waals surface area contributed by atoms with Crippen LogP contribution in [0.1, 0.15) is 6.92 Å². The van der Waals surface area contributed by atoms with Crippen molar-refractivity contribution < 1.29 is 0 Å². The molecular weight excluding hydrogens is 244 g/mol. The molecule has 0 spiro atoms. The molecule has 3 aromatic rings. The van der Waals surface area contributed by atoms with Crippen molar-refractivity contribution in [1.29, 1.82) is 0 Å². The van der Waals surface area contributed by atoms with E-state index in [4.69, 9.17) is 0 Å². The minimum Gasteiger partial charge on any atom is -0.360 e. The highest BCUT2D eigenvalue weighted by Gasteiger charge is 2.09. The van der Waals surface area contributed by atoms with Crippen LogP contribution >= 0.6 is 11.3 Å². The Morgan fingerprint density at radius 3 is 2.94 bits per heavy atom. The molecule has 2 heterocycles. The zero-order chi connectivity index (χ0) is 12.4. The van der Waals surface area contributed by atoms with Gasteiger partial charge in [0, 0.05) is 29.9 Å². The van der Waals surface area contributed by atoms with Gasteiger partial charge >= 0.3 is 0 Å². The van der Waals surface area contributed by atoms with Crippen LogP contribution in [0.4, 0.5) is 5.13 Å². The van der Waals surface area contributed by atoms with Crippen LogP contribution < -0.4 is 5.32 Å². The first-order valence-corrected chi connectivity index (χ1v) is 6.60. The predicted molar refractivity (Wildman–Crippen MR) is 74.8 cm³/mol. The number of fused-ring (bicyclic) bond motifs is 1. The Balaban J connectivity index is 2.12. The minimum atomic E-state index is 0.848. The van der Waals surface area contributed by atoms with E-state index in [2.05, 4.69) is 32.6 Å². The van der Waals surface area contributed by atoms with E-state index < -0.39 is 0 Å². The fourth-order valence-corrected chi connectivity index (χ4v) is 2.68. The summed E-state index contributed by atoms with van der Waals surface area (Å²) in [6, 6.07) is 8.18. The zero-order valence-corrected chi connectivity index (χ0v) is 10.7. The van der Waals surface area contributed by atoms with Crippen LogP contribution in [0.3, 0.4) is 0 Å². The average Bonchev–Trinajstić information content (AvgIpc) is 2.87. The Hall–Kier alpha value is -2.01. The van der Waals surface area contributed by atoms with E-state index in [1.807, 2.05) is 31.5 Å². The number of benzene rings is 1. The highest BCUT2D eigenvalue weighted by molar-refractivity contribution is 7.18. The third-order valence-corrected chi connectivity index (χ3v) is 3.57. The van der Waals surface area contributed by atoms with Gasteiger partial charge in [0.05, 0.1) is 0 Å². The highest BCUT2D eigenvalue weighted by Crippen LogP contribution is 2.31. The molecule has 0 saturated heterocycles. The quantitative estimate of drug-likeness (QED) is 0.782. The van der Waals surface area contributed by atoms with Crippen molar-refractivity contribution in [2.75, 3.05) is 11.9 Å². The fraction of sp³-hybridized carbons (Fsp3) is 0.154. The molecule has 5 heteroatoms. The molecule has 0 amide bonds. The minimum absolute atomic E-state index is 0.848. The van der Waals surface area contributed by atoms with Gasteiger partial charge < -0.3 is 5.32 Å². The summed E-state index contributed by atoms with van der Waals surface area (Å²) in [5.74, 6) is 0. The first-order valence-electron chi connectivity index (χ1n) is 5.79. The summed E-state index contributed by atoms with van der Waals surface area (Å²) >= 11 is 1.55. The fourth-order valence-electron chi connectivity index (χ4n) is 1.84. The van der Waals surface area contributed by atoms with Crippen molar-refractivity contribution in [2.45, 2.75) is 6.92 Å². The second-order valence-electron chi connectivity index (χ2n) is 3.85. The Kier molecular flexibility index (Phi) is 2.90. The number of hydrogen-bond acceptors (Lipinski definition) is 5. The number of nitrogens with one attached hydrogen (secondary N) is 1. The lowest BCUT2D eigenvalue weighted by Crippen LogP contribution is -1.94. The first kappa shape index (κ1) is 11.1. The number of anilines is 1. The van der Waals surface area contributed by atoms with Gasteiger partial charge in [0.25, 0.3) is 0 Å². The molecule has 0 aliphatic rings. The van der Waals surface area contributed by atoms with Gasteiger partial charge in [-0.3, -0.25) is 4.98 Å². The average molecular weight is 256 g/mol. The maximum atomic E-state index is 4.26. The van der Waals surface area contributed by atoms with Crippen LogP contribution in [0.5, 0.6) is 0 Å². The van der Waals surface area contributed by atoms with E-state index >= 15 is 0 Å². The van der Waals surface area contributed by atoms with Crippen LogP contribution in [0.2, 0.25) is 0 Å². The molecule has 0 atom stereocenters. The summed E-state index contributed by atoms with van der Waals surface area (Å²) < 4.78 is 0. The summed E-state index contributed by atoms with van der Waals surface area (Å²) in [5, 5.41) is 15.5. The summed E-state index contributed by atoms with van der Waals surface area (Å²) in [6.07, 6.45) is 3.71. The third kappa shape index (κ3) is 1.93. The van der Waals surface area contributed by atoms with Crippen LogP contribution in [-0.4, -0.2) is 21.7 Å². The third-order valence-electron chi connectivity index (χ3n) is 2.65. The second kappa shape index (κ2) is 4.70. The van der Waals surface area contributed by atoms with Crippen molar-refractivity contribution in [1.82, 2.24) is 15.2 Å². The van der Waals surface area contributed by atoms with Gasteiger partial charge in [-0.1, -0.05) is 35.6 Å². The second-order valence-corrected chi connectivity index (χ2v) is 4.83. The van der Waals surface area contributed by atoms with Crippen molar-refractivity contribution in [3.63, 3.8) is 0 Å². The SMILES string of the molecule is CCNc1nnc(-c2cncc3ccccc23)s1. The van der Waals surface area contributed by atoms with E-state index in [0.717, 1.165) is 33.0 Å². The van der Waals surface area contributed by atoms with Crippen molar-refractivity contribution in [3.05, 3.63) is 36.7 Å². The van der Waals surface area contributed by atoms with Crippen LogP contribution in [0.15, 0.2) is 36.7 Å². The van der Waals surface area contributed by atoms with E-state index in [1.165, 1.54) is 0 Å². The number of rotatable bonds is 3. The summed E-state index contributed by atoms with van der Waals surface area (Å²) in [4.78, 5) is 4.26. The monoisotopic (exact) mass is 256 g/mol. The van der Waals surface area contributed by atoms with Crippen molar-refractivity contribution >= 4 is 27.2 Å². The molecule has 3 rings (SSSR count). The van der Waals surface area contributed by atoms with E-state index in [-0.39, 0.29) is 0 Å². The number of aromatic nitrogens is 3. The van der Waals surface area contributed by atoms with Crippen LogP contribution in [-0.2, 0) is 0 Å². The van der Waals surface area contributed by atoms with Gasteiger partial charge in [-0.25, -0.2) is 0 Å². The molecule has 0 radical (unpaired) electrons. The molecule has 0 aliphatic heterocycles. The van der Waals surface area contributed by atoms with Crippen LogP contribution in [0, 0.1) is 0 Å². The summed E-state index contributed by atoms with van der Waals surface area (Å²) in [6.45, 7) is 2.89. The Labute approximate surface area is 109 Å². The van der Waals surface area contributed by atoms with Crippen molar-refractivity contribution in [3.8, 4) is 10.6 Å². The lowest BCUT2D eigenvalue weighted by molar-refractivity contribution is 1.07. The molecule has 1 N–H and O–H groups in total. The normalized spacial score (nSPS) is 10.7. The molecule has 0 unspecified atom stereocenters. The van der Waals surface area contributed by atoms with Gasteiger partial charge in [0.15, 0.2) is 5.01 Å². The van der Waals surface area contributed by atoms with Gasteiger partial charge in [-0.2, -0.15) is 0 Å². The Morgan fingerprint density at radius 1 is 1.17 bits per heavy atom. The highest BCUT2D eigenvalue weighted by atomic mass is 32.1. The zero-order valence-electron chi connectivity index (χ0n) is 9.92. The topological polar surface area (TPSA) is 50.7 Å². The largest absolute Gasteiger partial charge is 0.360 e. The predicted octanol–water partition coefficient (Wildman–Crippen LogP) is 3.19. The number of hydrogen-bond donors (Lipinski definition) is 1. The smallest absolute Gasteiger partial charge is 0.205 e. The van der Waals surface area contributed by atoms with Crippen molar-refractivity contribution in [2.24, 2.45) is 0 Å². The molecule has 0 aliphatic carbocycles. The molecule has 1 aromatic carbocycles. The molecule has 0 fully saturated rings. The summed E-state index contributed by atoms with van der Waals surface area (Å²) in [5.41, 5.74) is 1.04. The molecule has 0 saturated carbocycles. The Bertz CT molecular complexity index is 672. The molecule has 18 heavy (non-hydrogen) atoms.